The molecule has 5 nitrogen and oxygen atoms in total. The Labute approximate surface area is 116 Å². The molecule has 1 aliphatic rings. The molecule has 3 rings (SSSR count). The highest BCUT2D eigenvalue weighted by Crippen LogP contribution is 2.24. The molecule has 2 aromatic heterocycles. The second-order valence-electron chi connectivity index (χ2n) is 4.53. The normalized spacial score (nSPS) is 18.2. The molecule has 0 N–H and O–H groups in total. The summed E-state index contributed by atoms with van der Waals surface area (Å²) in [5.74, 6) is 0. The first kappa shape index (κ1) is 12.2. The molecule has 3 heterocycles. The van der Waals surface area contributed by atoms with Crippen molar-refractivity contribution in [2.45, 2.75) is 19.4 Å². The first-order chi connectivity index (χ1) is 9.33. The molecule has 0 fully saturated rings. The number of hydrogen-bond donors (Lipinski definition) is 0. The Morgan fingerprint density at radius 1 is 1.47 bits per heavy atom. The van der Waals surface area contributed by atoms with Crippen LogP contribution in [0.2, 0.25) is 0 Å². The molecule has 0 radical (unpaired) electrons. The van der Waals surface area contributed by atoms with Gasteiger partial charge in [-0.1, -0.05) is 11.3 Å². The van der Waals surface area contributed by atoms with Gasteiger partial charge in [-0.15, -0.1) is 11.3 Å². The van der Waals surface area contributed by atoms with E-state index < -0.39 is 0 Å². The van der Waals surface area contributed by atoms with Crippen molar-refractivity contribution in [2.24, 2.45) is 10.3 Å². The quantitative estimate of drug-likeness (QED) is 0.860. The smallest absolute Gasteiger partial charge is 0.119 e. The molecule has 1 aliphatic heterocycles. The van der Waals surface area contributed by atoms with Crippen LogP contribution in [-0.2, 0) is 6.42 Å². The first-order valence-electron chi connectivity index (χ1n) is 6.27. The predicted molar refractivity (Wildman–Crippen MR) is 74.0 cm³/mol. The second-order valence-corrected chi connectivity index (χ2v) is 5.47. The monoisotopic (exact) mass is 273 g/mol. The maximum atomic E-state index is 4.31. The van der Waals surface area contributed by atoms with E-state index in [9.17, 15) is 0 Å². The lowest BCUT2D eigenvalue weighted by atomic mass is 10.1. The van der Waals surface area contributed by atoms with Gasteiger partial charge in [0.25, 0.3) is 0 Å². The van der Waals surface area contributed by atoms with Crippen LogP contribution in [0.3, 0.4) is 0 Å². The third kappa shape index (κ3) is 2.78. The molecule has 0 aromatic carbocycles. The first-order valence-corrected chi connectivity index (χ1v) is 7.15. The molecular formula is C13H15N5S. The van der Waals surface area contributed by atoms with Crippen molar-refractivity contribution in [2.75, 3.05) is 13.1 Å². The van der Waals surface area contributed by atoms with E-state index in [-0.39, 0.29) is 6.04 Å². The number of pyridine rings is 1. The summed E-state index contributed by atoms with van der Waals surface area (Å²) >= 11 is 1.71. The molecule has 0 saturated heterocycles. The van der Waals surface area contributed by atoms with Crippen LogP contribution >= 0.6 is 11.3 Å². The zero-order valence-corrected chi connectivity index (χ0v) is 11.5. The van der Waals surface area contributed by atoms with Gasteiger partial charge in [0.05, 0.1) is 17.7 Å². The number of hydrogen-bond acceptors (Lipinski definition) is 6. The summed E-state index contributed by atoms with van der Waals surface area (Å²) in [6, 6.07) is 4.11. The standard InChI is InChI=1S/C13H15N5S/c1-10-13(19-9-15-10)4-6-18-8-12(16-17-18)11-3-2-5-14-7-11/h2-3,5,7,9,12H,4,6,8H2,1H3. The molecule has 0 bridgehead atoms. The zero-order chi connectivity index (χ0) is 13.1. The van der Waals surface area contributed by atoms with E-state index in [0.29, 0.717) is 0 Å². The molecular weight excluding hydrogens is 258 g/mol. The molecule has 0 saturated carbocycles. The van der Waals surface area contributed by atoms with Gasteiger partial charge in [0.2, 0.25) is 0 Å². The van der Waals surface area contributed by atoms with Crippen molar-refractivity contribution in [1.29, 1.82) is 0 Å². The fourth-order valence-electron chi connectivity index (χ4n) is 2.09. The van der Waals surface area contributed by atoms with Gasteiger partial charge in [-0.25, -0.2) is 4.98 Å². The predicted octanol–water partition coefficient (Wildman–Crippen LogP) is 2.81. The Bertz CT molecular complexity index is 565. The molecule has 1 atom stereocenters. The molecule has 0 aliphatic carbocycles. The fraction of sp³-hybridized carbons (Fsp3) is 0.385. The van der Waals surface area contributed by atoms with Crippen LogP contribution in [0.25, 0.3) is 0 Å². The highest BCUT2D eigenvalue weighted by molar-refractivity contribution is 7.09. The SMILES string of the molecule is Cc1ncsc1CCN1CC(c2cccnc2)N=N1. The topological polar surface area (TPSA) is 53.7 Å². The van der Waals surface area contributed by atoms with Gasteiger partial charge >= 0.3 is 0 Å². The Morgan fingerprint density at radius 3 is 3.16 bits per heavy atom. The van der Waals surface area contributed by atoms with Crippen molar-refractivity contribution in [1.82, 2.24) is 15.0 Å². The highest BCUT2D eigenvalue weighted by Gasteiger charge is 2.21. The second kappa shape index (κ2) is 5.44. The van der Waals surface area contributed by atoms with E-state index in [4.69, 9.17) is 0 Å². The molecule has 0 amide bonds. The Hall–Kier alpha value is -1.82. The van der Waals surface area contributed by atoms with Gasteiger partial charge in [0.1, 0.15) is 6.04 Å². The Morgan fingerprint density at radius 2 is 2.42 bits per heavy atom. The van der Waals surface area contributed by atoms with Crippen LogP contribution in [0.4, 0.5) is 0 Å². The largest absolute Gasteiger partial charge is 0.276 e. The number of nitrogens with zero attached hydrogens (tertiary/aromatic N) is 5. The van der Waals surface area contributed by atoms with E-state index in [0.717, 1.165) is 30.8 Å². The summed E-state index contributed by atoms with van der Waals surface area (Å²) in [6.45, 7) is 3.78. The van der Waals surface area contributed by atoms with Gasteiger partial charge in [0.15, 0.2) is 0 Å². The average molecular weight is 273 g/mol. The molecule has 2 aromatic rings. The van der Waals surface area contributed by atoms with E-state index in [1.807, 2.05) is 28.8 Å². The van der Waals surface area contributed by atoms with Crippen LogP contribution in [-0.4, -0.2) is 28.1 Å². The van der Waals surface area contributed by atoms with Crippen LogP contribution < -0.4 is 0 Å². The summed E-state index contributed by atoms with van der Waals surface area (Å²) in [5, 5.41) is 10.6. The molecule has 0 spiro atoms. The third-order valence-electron chi connectivity index (χ3n) is 3.21. The average Bonchev–Trinajstić information content (AvgIpc) is 3.06. The summed E-state index contributed by atoms with van der Waals surface area (Å²) < 4.78 is 0. The zero-order valence-electron chi connectivity index (χ0n) is 10.7. The van der Waals surface area contributed by atoms with E-state index >= 15 is 0 Å². The minimum absolute atomic E-state index is 0.122. The summed E-state index contributed by atoms with van der Waals surface area (Å²) in [7, 11) is 0. The number of rotatable bonds is 4. The van der Waals surface area contributed by atoms with Gasteiger partial charge < -0.3 is 0 Å². The van der Waals surface area contributed by atoms with E-state index in [2.05, 4.69) is 27.2 Å². The molecule has 6 heteroatoms. The maximum Gasteiger partial charge on any atom is 0.119 e. The maximum absolute atomic E-state index is 4.31. The molecule has 19 heavy (non-hydrogen) atoms. The highest BCUT2D eigenvalue weighted by atomic mass is 32.1. The number of thiazole rings is 1. The summed E-state index contributed by atoms with van der Waals surface area (Å²) in [5.41, 5.74) is 4.15. The lowest BCUT2D eigenvalue weighted by Gasteiger charge is -2.13. The van der Waals surface area contributed by atoms with Crippen LogP contribution in [0.5, 0.6) is 0 Å². The van der Waals surface area contributed by atoms with Gasteiger partial charge in [-0.05, 0) is 18.6 Å². The Balaban J connectivity index is 1.56. The lowest BCUT2D eigenvalue weighted by Crippen LogP contribution is -2.20. The van der Waals surface area contributed by atoms with Crippen molar-refractivity contribution in [3.05, 3.63) is 46.2 Å². The van der Waals surface area contributed by atoms with E-state index in [1.54, 1.807) is 17.5 Å². The molecule has 98 valence electrons. The fourth-order valence-corrected chi connectivity index (χ4v) is 2.86. The third-order valence-corrected chi connectivity index (χ3v) is 4.21. The minimum atomic E-state index is 0.122. The van der Waals surface area contributed by atoms with Crippen molar-refractivity contribution >= 4 is 11.3 Å². The van der Waals surface area contributed by atoms with Crippen molar-refractivity contribution in [3.8, 4) is 0 Å². The minimum Gasteiger partial charge on any atom is -0.276 e. The van der Waals surface area contributed by atoms with Gasteiger partial charge in [-0.2, -0.15) is 5.11 Å². The van der Waals surface area contributed by atoms with Crippen molar-refractivity contribution in [3.63, 3.8) is 0 Å². The van der Waals surface area contributed by atoms with Crippen LogP contribution in [0.15, 0.2) is 40.4 Å². The Kier molecular flexibility index (Phi) is 3.50. The van der Waals surface area contributed by atoms with Gasteiger partial charge in [0, 0.05) is 30.2 Å². The summed E-state index contributed by atoms with van der Waals surface area (Å²) in [4.78, 5) is 9.72. The van der Waals surface area contributed by atoms with E-state index in [1.165, 1.54) is 4.88 Å². The summed E-state index contributed by atoms with van der Waals surface area (Å²) in [6.07, 6.45) is 4.62. The number of aryl methyl sites for hydroxylation is 1. The van der Waals surface area contributed by atoms with Crippen LogP contribution in [0, 0.1) is 6.92 Å². The number of aromatic nitrogens is 2. The molecule has 1 unspecified atom stereocenters. The van der Waals surface area contributed by atoms with Crippen molar-refractivity contribution < 1.29 is 0 Å². The van der Waals surface area contributed by atoms with Gasteiger partial charge in [-0.3, -0.25) is 9.99 Å². The van der Waals surface area contributed by atoms with Crippen LogP contribution in [0.1, 0.15) is 22.2 Å². The lowest BCUT2D eigenvalue weighted by molar-refractivity contribution is 0.313.